The number of aromatic nitrogens is 2. The van der Waals surface area contributed by atoms with Crippen LogP contribution in [-0.2, 0) is 25.8 Å². The van der Waals surface area contributed by atoms with Crippen molar-refractivity contribution < 1.29 is 13.2 Å². The van der Waals surface area contributed by atoms with E-state index in [1.807, 2.05) is 36.4 Å². The first-order valence-corrected chi connectivity index (χ1v) is 10.5. The van der Waals surface area contributed by atoms with Crippen LogP contribution in [0.5, 0.6) is 0 Å². The van der Waals surface area contributed by atoms with E-state index in [4.69, 9.17) is 12.2 Å². The average Bonchev–Trinajstić information content (AvgIpc) is 3.13. The van der Waals surface area contributed by atoms with E-state index in [1.165, 1.54) is 4.68 Å². The van der Waals surface area contributed by atoms with Crippen LogP contribution in [0, 0.1) is 6.92 Å². The summed E-state index contributed by atoms with van der Waals surface area (Å²) in [4.78, 5) is 2.08. The Kier molecular flexibility index (Phi) is 7.68. The van der Waals surface area contributed by atoms with Crippen LogP contribution in [0.25, 0.3) is 0 Å². The summed E-state index contributed by atoms with van der Waals surface area (Å²) in [5.74, 6) is 0. The zero-order chi connectivity index (χ0) is 22.3. The van der Waals surface area contributed by atoms with Crippen molar-refractivity contribution in [1.82, 2.24) is 20.0 Å². The van der Waals surface area contributed by atoms with E-state index in [1.54, 1.807) is 6.92 Å². The maximum absolute atomic E-state index is 12.8. The molecule has 2 aromatic carbocycles. The van der Waals surface area contributed by atoms with Gasteiger partial charge in [0.2, 0.25) is 0 Å². The average molecular weight is 447 g/mol. The fourth-order valence-corrected chi connectivity index (χ4v) is 3.45. The van der Waals surface area contributed by atoms with Crippen LogP contribution in [-0.4, -0.2) is 26.3 Å². The zero-order valence-electron chi connectivity index (χ0n) is 17.3. The molecule has 31 heavy (non-hydrogen) atoms. The second-order valence-corrected chi connectivity index (χ2v) is 7.69. The Morgan fingerprint density at radius 3 is 2.03 bits per heavy atom. The summed E-state index contributed by atoms with van der Waals surface area (Å²) in [6, 6.07) is 21.2. The van der Waals surface area contributed by atoms with Gasteiger partial charge >= 0.3 is 6.18 Å². The van der Waals surface area contributed by atoms with Gasteiger partial charge < -0.3 is 10.2 Å². The quantitative estimate of drug-likeness (QED) is 0.382. The summed E-state index contributed by atoms with van der Waals surface area (Å²) in [7, 11) is 0. The number of rotatable bonds is 8. The summed E-state index contributed by atoms with van der Waals surface area (Å²) >= 11 is 5.63. The van der Waals surface area contributed by atoms with Gasteiger partial charge in [-0.3, -0.25) is 4.68 Å². The Morgan fingerprint density at radius 2 is 1.55 bits per heavy atom. The SMILES string of the molecule is Cc1cc(C(F)(F)F)nn1CCCNC(=S)N(Cc1ccccc1)Cc1ccccc1. The highest BCUT2D eigenvalue weighted by Crippen LogP contribution is 2.28. The van der Waals surface area contributed by atoms with Crippen molar-refractivity contribution in [2.75, 3.05) is 6.54 Å². The highest BCUT2D eigenvalue weighted by Gasteiger charge is 2.34. The van der Waals surface area contributed by atoms with Gasteiger partial charge in [0.25, 0.3) is 0 Å². The van der Waals surface area contributed by atoms with Gasteiger partial charge in [0.05, 0.1) is 0 Å². The molecule has 0 saturated heterocycles. The van der Waals surface area contributed by atoms with E-state index >= 15 is 0 Å². The van der Waals surface area contributed by atoms with E-state index in [-0.39, 0.29) is 0 Å². The van der Waals surface area contributed by atoms with Gasteiger partial charge in [-0.2, -0.15) is 18.3 Å². The van der Waals surface area contributed by atoms with Gasteiger partial charge in [-0.25, -0.2) is 0 Å². The van der Waals surface area contributed by atoms with Crippen LogP contribution < -0.4 is 5.32 Å². The van der Waals surface area contributed by atoms with Crippen molar-refractivity contribution in [2.45, 2.75) is 39.2 Å². The lowest BCUT2D eigenvalue weighted by molar-refractivity contribution is -0.141. The second-order valence-electron chi connectivity index (χ2n) is 7.30. The summed E-state index contributed by atoms with van der Waals surface area (Å²) in [5, 5.41) is 7.52. The molecule has 4 nitrogen and oxygen atoms in total. The Balaban J connectivity index is 1.56. The molecule has 8 heteroatoms. The molecule has 0 aliphatic heterocycles. The molecular weight excluding hydrogens is 421 g/mol. The highest BCUT2D eigenvalue weighted by molar-refractivity contribution is 7.80. The molecule has 0 aliphatic rings. The molecule has 1 N–H and O–H groups in total. The van der Waals surface area contributed by atoms with Crippen molar-refractivity contribution in [2.24, 2.45) is 0 Å². The number of nitrogens with zero attached hydrogens (tertiary/aromatic N) is 3. The third kappa shape index (κ3) is 6.82. The summed E-state index contributed by atoms with van der Waals surface area (Å²) in [6.45, 7) is 3.87. The normalized spacial score (nSPS) is 11.4. The minimum Gasteiger partial charge on any atom is -0.362 e. The van der Waals surface area contributed by atoms with Gasteiger partial charge in [0.1, 0.15) is 0 Å². The van der Waals surface area contributed by atoms with Crippen LogP contribution in [0.3, 0.4) is 0 Å². The van der Waals surface area contributed by atoms with Crippen molar-refractivity contribution in [3.05, 3.63) is 89.2 Å². The molecule has 0 amide bonds. The first-order chi connectivity index (χ1) is 14.8. The lowest BCUT2D eigenvalue weighted by Crippen LogP contribution is -2.39. The molecule has 3 rings (SSSR count). The smallest absolute Gasteiger partial charge is 0.362 e. The lowest BCUT2D eigenvalue weighted by Gasteiger charge is -2.26. The first-order valence-electron chi connectivity index (χ1n) is 10.0. The number of alkyl halides is 3. The number of hydrogen-bond donors (Lipinski definition) is 1. The van der Waals surface area contributed by atoms with Gasteiger partial charge in [-0.05, 0) is 42.8 Å². The van der Waals surface area contributed by atoms with Crippen molar-refractivity contribution in [3.63, 3.8) is 0 Å². The highest BCUT2D eigenvalue weighted by atomic mass is 32.1. The molecule has 0 radical (unpaired) electrons. The molecule has 0 aliphatic carbocycles. The lowest BCUT2D eigenvalue weighted by atomic mass is 10.2. The largest absolute Gasteiger partial charge is 0.435 e. The van der Waals surface area contributed by atoms with Crippen LogP contribution in [0.1, 0.15) is 28.9 Å². The van der Waals surface area contributed by atoms with Gasteiger partial charge in [0, 0.05) is 31.9 Å². The minimum absolute atomic E-state index is 0.384. The number of halogens is 3. The monoisotopic (exact) mass is 446 g/mol. The van der Waals surface area contributed by atoms with Crippen molar-refractivity contribution >= 4 is 17.3 Å². The molecule has 0 atom stereocenters. The van der Waals surface area contributed by atoms with Crippen LogP contribution in [0.4, 0.5) is 13.2 Å². The molecule has 164 valence electrons. The number of nitrogens with one attached hydrogen (secondary N) is 1. The number of hydrogen-bond acceptors (Lipinski definition) is 2. The van der Waals surface area contributed by atoms with E-state index in [0.717, 1.165) is 17.2 Å². The summed E-state index contributed by atoms with van der Waals surface area (Å²) < 4.78 is 39.8. The minimum atomic E-state index is -4.43. The Bertz CT molecular complexity index is 930. The summed E-state index contributed by atoms with van der Waals surface area (Å²) in [6.07, 6.45) is -3.82. The van der Waals surface area contributed by atoms with Gasteiger partial charge in [0.15, 0.2) is 10.8 Å². The Morgan fingerprint density at radius 1 is 1.00 bits per heavy atom. The molecule has 0 saturated carbocycles. The second kappa shape index (κ2) is 10.4. The zero-order valence-corrected chi connectivity index (χ0v) is 18.1. The fourth-order valence-electron chi connectivity index (χ4n) is 3.22. The maximum Gasteiger partial charge on any atom is 0.435 e. The van der Waals surface area contributed by atoms with Crippen LogP contribution in [0.2, 0.25) is 0 Å². The van der Waals surface area contributed by atoms with Crippen LogP contribution >= 0.6 is 12.2 Å². The number of aryl methyl sites for hydroxylation is 2. The molecule has 0 bridgehead atoms. The van der Waals surface area contributed by atoms with Crippen LogP contribution in [0.15, 0.2) is 66.7 Å². The Hall–Kier alpha value is -2.87. The number of benzene rings is 2. The van der Waals surface area contributed by atoms with E-state index in [0.29, 0.717) is 43.4 Å². The molecular formula is C23H25F3N4S. The molecule has 0 fully saturated rings. The standard InChI is InChI=1S/C23H25F3N4S/c1-18-15-21(23(24,25)26)28-30(18)14-8-13-27-22(31)29(16-19-9-4-2-5-10-19)17-20-11-6-3-7-12-20/h2-7,9-12,15H,8,13-14,16-17H2,1H3,(H,27,31). The molecule has 3 aromatic rings. The maximum atomic E-state index is 12.8. The van der Waals surface area contributed by atoms with Crippen molar-refractivity contribution in [1.29, 1.82) is 0 Å². The predicted octanol–water partition coefficient (Wildman–Crippen LogP) is 5.18. The molecule has 1 heterocycles. The molecule has 0 unspecified atom stereocenters. The third-order valence-electron chi connectivity index (χ3n) is 4.81. The van der Waals surface area contributed by atoms with Gasteiger partial charge in [-0.15, -0.1) is 0 Å². The third-order valence-corrected chi connectivity index (χ3v) is 5.22. The van der Waals surface area contributed by atoms with E-state index < -0.39 is 11.9 Å². The first kappa shape index (κ1) is 22.8. The van der Waals surface area contributed by atoms with Crippen molar-refractivity contribution in [3.8, 4) is 0 Å². The number of thiocarbonyl (C=S) groups is 1. The predicted molar refractivity (Wildman–Crippen MR) is 119 cm³/mol. The van der Waals surface area contributed by atoms with Gasteiger partial charge in [-0.1, -0.05) is 60.7 Å². The Labute approximate surface area is 185 Å². The van der Waals surface area contributed by atoms with E-state index in [9.17, 15) is 13.2 Å². The fraction of sp³-hybridized carbons (Fsp3) is 0.304. The molecule has 0 spiro atoms. The topological polar surface area (TPSA) is 33.1 Å². The molecule has 1 aromatic heterocycles. The van der Waals surface area contributed by atoms with E-state index in [2.05, 4.69) is 39.6 Å². The summed E-state index contributed by atoms with van der Waals surface area (Å²) in [5.41, 5.74) is 1.93.